The molecule has 33 heavy (non-hydrogen) atoms. The van der Waals surface area contributed by atoms with Crippen LogP contribution < -0.4 is 0 Å². The number of fused-ring (bicyclic) bond motifs is 3. The van der Waals surface area contributed by atoms with Gasteiger partial charge >= 0.3 is 0 Å². The van der Waals surface area contributed by atoms with Gasteiger partial charge in [-0.1, -0.05) is 98.1 Å². The Morgan fingerprint density at radius 2 is 1.67 bits per heavy atom. The fourth-order valence-electron chi connectivity index (χ4n) is 4.61. The van der Waals surface area contributed by atoms with Gasteiger partial charge < -0.3 is 4.57 Å². The van der Waals surface area contributed by atoms with E-state index in [0.29, 0.717) is 5.71 Å². The Kier molecular flexibility index (Phi) is 5.50. The molecule has 2 nitrogen and oxygen atoms in total. The van der Waals surface area contributed by atoms with Gasteiger partial charge in [-0.2, -0.15) is 0 Å². The number of hydrogen-bond donors (Lipinski definition) is 1. The lowest BCUT2D eigenvalue weighted by Gasteiger charge is -2.21. The molecule has 4 aromatic rings. The van der Waals surface area contributed by atoms with Crippen LogP contribution in [0.15, 0.2) is 128 Å². The summed E-state index contributed by atoms with van der Waals surface area (Å²) in [6.07, 6.45) is 13.2. The van der Waals surface area contributed by atoms with Gasteiger partial charge in [0.15, 0.2) is 0 Å². The van der Waals surface area contributed by atoms with Gasteiger partial charge in [-0.3, -0.25) is 5.41 Å². The van der Waals surface area contributed by atoms with Crippen LogP contribution in [-0.2, 0) is 0 Å². The molecule has 1 aliphatic rings. The number of benzene rings is 3. The number of nitrogens with one attached hydrogen (secondary N) is 1. The van der Waals surface area contributed by atoms with Crippen LogP contribution in [0.4, 0.5) is 0 Å². The topological polar surface area (TPSA) is 28.8 Å². The molecule has 0 radical (unpaired) electrons. The predicted molar refractivity (Wildman–Crippen MR) is 142 cm³/mol. The quantitative estimate of drug-likeness (QED) is 0.240. The zero-order valence-corrected chi connectivity index (χ0v) is 18.5. The van der Waals surface area contributed by atoms with Crippen molar-refractivity contribution in [3.8, 4) is 0 Å². The molecule has 0 bridgehead atoms. The maximum Gasteiger partial charge on any atom is 0.0684 e. The van der Waals surface area contributed by atoms with Gasteiger partial charge in [0.2, 0.25) is 0 Å². The van der Waals surface area contributed by atoms with Gasteiger partial charge in [0.25, 0.3) is 0 Å². The molecular formula is C31H26N2. The molecule has 1 N–H and O–H groups in total. The smallest absolute Gasteiger partial charge is 0.0684 e. The molecule has 2 heteroatoms. The van der Waals surface area contributed by atoms with E-state index >= 15 is 0 Å². The van der Waals surface area contributed by atoms with Gasteiger partial charge in [-0.15, -0.1) is 0 Å². The lowest BCUT2D eigenvalue weighted by Crippen LogP contribution is -2.08. The highest BCUT2D eigenvalue weighted by Gasteiger charge is 2.19. The average molecular weight is 427 g/mol. The number of aromatic nitrogens is 1. The molecule has 0 amide bonds. The number of para-hydroxylation sites is 1. The Morgan fingerprint density at radius 3 is 2.48 bits per heavy atom. The normalized spacial score (nSPS) is 15.8. The van der Waals surface area contributed by atoms with E-state index in [0.717, 1.165) is 28.6 Å². The van der Waals surface area contributed by atoms with Crippen molar-refractivity contribution in [2.24, 2.45) is 5.92 Å². The third-order valence-corrected chi connectivity index (χ3v) is 6.29. The maximum absolute atomic E-state index is 8.74. The fourth-order valence-corrected chi connectivity index (χ4v) is 4.61. The van der Waals surface area contributed by atoms with E-state index < -0.39 is 0 Å². The van der Waals surface area contributed by atoms with E-state index in [1.54, 1.807) is 6.08 Å². The lowest BCUT2D eigenvalue weighted by atomic mass is 9.91. The number of rotatable bonds is 6. The Labute approximate surface area is 194 Å². The maximum atomic E-state index is 8.74. The Hall–Kier alpha value is -4.17. The van der Waals surface area contributed by atoms with E-state index in [1.165, 1.54) is 22.0 Å². The molecule has 0 saturated carbocycles. The average Bonchev–Trinajstić information content (AvgIpc) is 3.21. The summed E-state index contributed by atoms with van der Waals surface area (Å²) in [6.45, 7) is 8.03. The van der Waals surface area contributed by atoms with Crippen LogP contribution in [0.3, 0.4) is 0 Å². The van der Waals surface area contributed by atoms with Gasteiger partial charge in [0.05, 0.1) is 16.7 Å². The molecule has 1 aromatic heterocycles. The highest BCUT2D eigenvalue weighted by atomic mass is 15.0. The summed E-state index contributed by atoms with van der Waals surface area (Å²) >= 11 is 0. The molecule has 5 rings (SSSR count). The molecule has 0 aliphatic heterocycles. The van der Waals surface area contributed by atoms with E-state index in [-0.39, 0.29) is 5.92 Å². The van der Waals surface area contributed by atoms with Crippen molar-refractivity contribution >= 4 is 33.2 Å². The van der Waals surface area contributed by atoms with Gasteiger partial charge in [-0.25, -0.2) is 0 Å². The Bertz CT molecular complexity index is 1480. The second kappa shape index (κ2) is 8.76. The second-order valence-corrected chi connectivity index (χ2v) is 8.35. The minimum absolute atomic E-state index is 0.253. The summed E-state index contributed by atoms with van der Waals surface area (Å²) in [5.74, 6) is 0.253. The first-order chi connectivity index (χ1) is 16.2. The molecule has 0 spiro atoms. The van der Waals surface area contributed by atoms with Crippen molar-refractivity contribution in [3.05, 3.63) is 139 Å². The molecule has 0 fully saturated rings. The zero-order chi connectivity index (χ0) is 22.8. The summed E-state index contributed by atoms with van der Waals surface area (Å²) in [4.78, 5) is 0. The summed E-state index contributed by atoms with van der Waals surface area (Å²) in [6, 6.07) is 24.8. The van der Waals surface area contributed by atoms with Crippen LogP contribution in [0.5, 0.6) is 0 Å². The standard InChI is InChI=1S/C31H26N2/c1-3-4-11-22(2)24-14-10-15-26(20-24)33-29-17-9-8-16-27(29)28-21-25(18-19-30(28)33)31(32)23-12-6-5-7-13-23/h3-19,21,24,32H,1-2,20H2/b11-4-,32-31?. The largest absolute Gasteiger partial charge is 0.313 e. The predicted octanol–water partition coefficient (Wildman–Crippen LogP) is 7.93. The highest BCUT2D eigenvalue weighted by molar-refractivity contribution is 6.16. The molecule has 1 heterocycles. The Morgan fingerprint density at radius 1 is 0.909 bits per heavy atom. The van der Waals surface area contributed by atoms with Gasteiger partial charge in [0.1, 0.15) is 0 Å². The van der Waals surface area contributed by atoms with Gasteiger partial charge in [0, 0.05) is 28.0 Å². The van der Waals surface area contributed by atoms with Crippen LogP contribution >= 0.6 is 0 Å². The molecule has 1 unspecified atom stereocenters. The molecule has 160 valence electrons. The molecule has 1 atom stereocenters. The van der Waals surface area contributed by atoms with E-state index in [4.69, 9.17) is 5.41 Å². The minimum Gasteiger partial charge on any atom is -0.313 e. The first kappa shape index (κ1) is 20.7. The summed E-state index contributed by atoms with van der Waals surface area (Å²) in [7, 11) is 0. The van der Waals surface area contributed by atoms with Crippen molar-refractivity contribution in [3.63, 3.8) is 0 Å². The molecule has 1 aliphatic carbocycles. The third kappa shape index (κ3) is 3.81. The third-order valence-electron chi connectivity index (χ3n) is 6.29. The van der Waals surface area contributed by atoms with Crippen LogP contribution in [0.1, 0.15) is 17.5 Å². The van der Waals surface area contributed by atoms with Crippen molar-refractivity contribution in [2.75, 3.05) is 0 Å². The second-order valence-electron chi connectivity index (χ2n) is 8.35. The Balaban J connectivity index is 1.61. The van der Waals surface area contributed by atoms with Crippen LogP contribution in [0, 0.1) is 11.3 Å². The van der Waals surface area contributed by atoms with Crippen molar-refractivity contribution in [2.45, 2.75) is 6.42 Å². The monoisotopic (exact) mass is 426 g/mol. The SMILES string of the molecule is C=C/C=C\C(=C)C1C=CC=C(n2c3ccccc3c3cc(C(=N)c4ccccc4)ccc32)C1. The van der Waals surface area contributed by atoms with E-state index in [9.17, 15) is 0 Å². The molecular weight excluding hydrogens is 400 g/mol. The van der Waals surface area contributed by atoms with Gasteiger partial charge in [-0.05, 0) is 41.8 Å². The fraction of sp³-hybridized carbons (Fsp3) is 0.0645. The number of allylic oxidation sites excluding steroid dienone is 8. The summed E-state index contributed by atoms with van der Waals surface area (Å²) < 4.78 is 2.36. The van der Waals surface area contributed by atoms with Crippen molar-refractivity contribution in [1.82, 2.24) is 4.57 Å². The molecule has 0 saturated heterocycles. The van der Waals surface area contributed by atoms with Crippen LogP contribution in [0.25, 0.3) is 27.5 Å². The number of hydrogen-bond acceptors (Lipinski definition) is 1. The zero-order valence-electron chi connectivity index (χ0n) is 18.5. The van der Waals surface area contributed by atoms with Crippen LogP contribution in [-0.4, -0.2) is 10.3 Å². The van der Waals surface area contributed by atoms with Crippen molar-refractivity contribution < 1.29 is 0 Å². The van der Waals surface area contributed by atoms with Crippen molar-refractivity contribution in [1.29, 1.82) is 5.41 Å². The van der Waals surface area contributed by atoms with Crippen LogP contribution in [0.2, 0.25) is 0 Å². The minimum atomic E-state index is 0.253. The summed E-state index contributed by atoms with van der Waals surface area (Å²) in [5, 5.41) is 11.1. The first-order valence-electron chi connectivity index (χ1n) is 11.2. The lowest BCUT2D eigenvalue weighted by molar-refractivity contribution is 0.779. The molecule has 3 aromatic carbocycles. The van der Waals surface area contributed by atoms with E-state index in [1.807, 2.05) is 42.5 Å². The highest BCUT2D eigenvalue weighted by Crippen LogP contribution is 2.37. The summed E-state index contributed by atoms with van der Waals surface area (Å²) in [5.41, 5.74) is 7.06. The first-order valence-corrected chi connectivity index (χ1v) is 11.2. The number of nitrogens with zero attached hydrogens (tertiary/aromatic N) is 1. The van der Waals surface area contributed by atoms with E-state index in [2.05, 4.69) is 78.4 Å².